The van der Waals surface area contributed by atoms with Gasteiger partial charge in [0.2, 0.25) is 0 Å². The van der Waals surface area contributed by atoms with Crippen molar-refractivity contribution in [1.29, 1.82) is 0 Å². The van der Waals surface area contributed by atoms with Gasteiger partial charge in [0.1, 0.15) is 5.75 Å². The molecule has 1 aromatic carbocycles. The quantitative estimate of drug-likeness (QED) is 0.862. The lowest BCUT2D eigenvalue weighted by molar-refractivity contribution is 0.338. The average molecular weight is 256 g/mol. The molecule has 2 aromatic rings. The van der Waals surface area contributed by atoms with Crippen molar-refractivity contribution in [2.75, 3.05) is 13.2 Å². The Labute approximate surface area is 114 Å². The summed E-state index contributed by atoms with van der Waals surface area (Å²) in [4.78, 5) is 4.27. The number of hydrogen-bond donors (Lipinski definition) is 1. The third-order valence-electron chi connectivity index (χ3n) is 2.92. The topological polar surface area (TPSA) is 34.2 Å². The van der Waals surface area contributed by atoms with E-state index >= 15 is 0 Å². The maximum absolute atomic E-state index is 5.52. The molecule has 2 rings (SSSR count). The summed E-state index contributed by atoms with van der Waals surface area (Å²) in [6.07, 6.45) is 3.64. The molecule has 1 heterocycles. The van der Waals surface area contributed by atoms with Crippen LogP contribution in [0.2, 0.25) is 0 Å². The van der Waals surface area contributed by atoms with Crippen molar-refractivity contribution in [2.24, 2.45) is 0 Å². The molecule has 0 saturated heterocycles. The van der Waals surface area contributed by atoms with Crippen LogP contribution < -0.4 is 10.1 Å². The molecule has 0 radical (unpaired) electrons. The van der Waals surface area contributed by atoms with E-state index in [-0.39, 0.29) is 6.04 Å². The van der Waals surface area contributed by atoms with E-state index in [1.807, 2.05) is 19.2 Å². The minimum atomic E-state index is 0.152. The van der Waals surface area contributed by atoms with Gasteiger partial charge in [0.05, 0.1) is 18.8 Å². The smallest absolute Gasteiger partial charge is 0.137 e. The third-order valence-corrected chi connectivity index (χ3v) is 2.92. The monoisotopic (exact) mass is 256 g/mol. The average Bonchev–Trinajstić information content (AvgIpc) is 2.46. The maximum atomic E-state index is 5.52. The first kappa shape index (κ1) is 13.6. The van der Waals surface area contributed by atoms with Crippen molar-refractivity contribution >= 4 is 0 Å². The lowest BCUT2D eigenvalue weighted by Crippen LogP contribution is -2.22. The van der Waals surface area contributed by atoms with Gasteiger partial charge in [-0.3, -0.25) is 4.98 Å². The predicted octanol–water partition coefficient (Wildman–Crippen LogP) is 3.18. The summed E-state index contributed by atoms with van der Waals surface area (Å²) < 4.78 is 5.52. The van der Waals surface area contributed by atoms with Gasteiger partial charge in [-0.1, -0.05) is 37.3 Å². The molecule has 100 valence electrons. The van der Waals surface area contributed by atoms with E-state index in [0.29, 0.717) is 6.61 Å². The van der Waals surface area contributed by atoms with Gasteiger partial charge in [-0.15, -0.1) is 0 Å². The van der Waals surface area contributed by atoms with Gasteiger partial charge in [0.15, 0.2) is 0 Å². The normalized spacial score (nSPS) is 12.1. The van der Waals surface area contributed by atoms with E-state index < -0.39 is 0 Å². The molecule has 19 heavy (non-hydrogen) atoms. The summed E-state index contributed by atoms with van der Waals surface area (Å²) in [6, 6.07) is 12.6. The molecule has 0 spiro atoms. The predicted molar refractivity (Wildman–Crippen MR) is 77.4 cm³/mol. The highest BCUT2D eigenvalue weighted by Gasteiger charge is 2.13. The zero-order valence-electron chi connectivity index (χ0n) is 11.5. The molecule has 0 amide bonds. The number of nitrogens with zero attached hydrogens (tertiary/aromatic N) is 1. The Balaban J connectivity index is 2.31. The van der Waals surface area contributed by atoms with Crippen LogP contribution in [-0.2, 0) is 0 Å². The van der Waals surface area contributed by atoms with Crippen molar-refractivity contribution in [3.05, 3.63) is 59.9 Å². The molecule has 0 fully saturated rings. The molecule has 1 aromatic heterocycles. The van der Waals surface area contributed by atoms with Crippen LogP contribution >= 0.6 is 0 Å². The Morgan fingerprint density at radius 3 is 2.58 bits per heavy atom. The zero-order chi connectivity index (χ0) is 13.5. The van der Waals surface area contributed by atoms with Crippen LogP contribution in [0.3, 0.4) is 0 Å². The van der Waals surface area contributed by atoms with Gasteiger partial charge < -0.3 is 10.1 Å². The number of nitrogens with one attached hydrogen (secondary N) is 1. The molecule has 1 atom stereocenters. The van der Waals surface area contributed by atoms with Crippen LogP contribution in [0.5, 0.6) is 5.75 Å². The fourth-order valence-electron chi connectivity index (χ4n) is 2.12. The Morgan fingerprint density at radius 2 is 1.89 bits per heavy atom. The van der Waals surface area contributed by atoms with E-state index in [9.17, 15) is 0 Å². The molecule has 0 saturated carbocycles. The molecular weight excluding hydrogens is 236 g/mol. The van der Waals surface area contributed by atoms with Gasteiger partial charge in [-0.2, -0.15) is 0 Å². The Morgan fingerprint density at radius 1 is 1.11 bits per heavy atom. The molecule has 1 N–H and O–H groups in total. The second kappa shape index (κ2) is 6.90. The van der Waals surface area contributed by atoms with Crippen LogP contribution in [0.1, 0.15) is 31.0 Å². The first-order valence-corrected chi connectivity index (χ1v) is 6.71. The largest absolute Gasteiger partial charge is 0.492 e. The lowest BCUT2D eigenvalue weighted by atomic mass is 10.00. The molecular formula is C16H20N2O. The Bertz CT molecular complexity index is 499. The van der Waals surface area contributed by atoms with Crippen molar-refractivity contribution in [1.82, 2.24) is 10.3 Å². The fourth-order valence-corrected chi connectivity index (χ4v) is 2.12. The highest BCUT2D eigenvalue weighted by Crippen LogP contribution is 2.24. The van der Waals surface area contributed by atoms with Crippen molar-refractivity contribution in [3.8, 4) is 5.75 Å². The molecule has 0 aliphatic carbocycles. The Kier molecular flexibility index (Phi) is 4.93. The number of pyridine rings is 1. The van der Waals surface area contributed by atoms with E-state index in [1.165, 1.54) is 5.56 Å². The van der Waals surface area contributed by atoms with Gasteiger partial charge in [0.25, 0.3) is 0 Å². The summed E-state index contributed by atoms with van der Waals surface area (Å²) >= 11 is 0. The molecule has 3 nitrogen and oxygen atoms in total. The van der Waals surface area contributed by atoms with Crippen molar-refractivity contribution in [3.63, 3.8) is 0 Å². The minimum absolute atomic E-state index is 0.152. The summed E-state index contributed by atoms with van der Waals surface area (Å²) in [5.74, 6) is 0.818. The number of rotatable bonds is 6. The number of benzene rings is 1. The van der Waals surface area contributed by atoms with Crippen LogP contribution in [-0.4, -0.2) is 18.1 Å². The summed E-state index contributed by atoms with van der Waals surface area (Å²) in [5, 5.41) is 3.49. The standard InChI is InChI=1S/C16H20N2O/c1-3-18-16(13-8-6-5-7-9-13)14-10-15(19-4-2)12-17-11-14/h5-12,16,18H,3-4H2,1-2H3. The van der Waals surface area contributed by atoms with E-state index in [4.69, 9.17) is 4.74 Å². The SMILES string of the molecule is CCNC(c1ccccc1)c1cncc(OCC)c1. The second-order valence-corrected chi connectivity index (χ2v) is 4.29. The highest BCUT2D eigenvalue weighted by molar-refractivity contribution is 5.34. The first-order chi connectivity index (χ1) is 9.35. The minimum Gasteiger partial charge on any atom is -0.492 e. The van der Waals surface area contributed by atoms with Crippen molar-refractivity contribution in [2.45, 2.75) is 19.9 Å². The molecule has 0 bridgehead atoms. The first-order valence-electron chi connectivity index (χ1n) is 6.71. The third kappa shape index (κ3) is 3.55. The number of hydrogen-bond acceptors (Lipinski definition) is 3. The molecule has 0 aliphatic heterocycles. The second-order valence-electron chi connectivity index (χ2n) is 4.29. The summed E-state index contributed by atoms with van der Waals surface area (Å²) in [5.41, 5.74) is 2.36. The molecule has 1 unspecified atom stereocenters. The Hall–Kier alpha value is -1.87. The maximum Gasteiger partial charge on any atom is 0.137 e. The highest BCUT2D eigenvalue weighted by atomic mass is 16.5. The number of aromatic nitrogens is 1. The van der Waals surface area contributed by atoms with Crippen molar-refractivity contribution < 1.29 is 4.74 Å². The van der Waals surface area contributed by atoms with Crippen LogP contribution in [0.15, 0.2) is 48.8 Å². The van der Waals surface area contributed by atoms with Gasteiger partial charge in [-0.05, 0) is 30.7 Å². The number of ether oxygens (including phenoxy) is 1. The fraction of sp³-hybridized carbons (Fsp3) is 0.312. The summed E-state index contributed by atoms with van der Waals surface area (Å²) in [7, 11) is 0. The van der Waals surface area contributed by atoms with E-state index in [1.54, 1.807) is 6.20 Å². The van der Waals surface area contributed by atoms with Gasteiger partial charge in [-0.25, -0.2) is 0 Å². The van der Waals surface area contributed by atoms with Crippen LogP contribution in [0.25, 0.3) is 0 Å². The molecule has 0 aliphatic rings. The lowest BCUT2D eigenvalue weighted by Gasteiger charge is -2.19. The summed E-state index contributed by atoms with van der Waals surface area (Å²) in [6.45, 7) is 5.64. The molecule has 3 heteroatoms. The van der Waals surface area contributed by atoms with Crippen LogP contribution in [0.4, 0.5) is 0 Å². The van der Waals surface area contributed by atoms with Gasteiger partial charge >= 0.3 is 0 Å². The van der Waals surface area contributed by atoms with E-state index in [0.717, 1.165) is 17.9 Å². The zero-order valence-corrected chi connectivity index (χ0v) is 11.5. The van der Waals surface area contributed by atoms with Gasteiger partial charge in [0, 0.05) is 6.20 Å². The van der Waals surface area contributed by atoms with E-state index in [2.05, 4.69) is 47.6 Å². The van der Waals surface area contributed by atoms with Crippen LogP contribution in [0, 0.1) is 0 Å².